The van der Waals surface area contributed by atoms with E-state index in [0.717, 1.165) is 63.7 Å². The first-order chi connectivity index (χ1) is 55.6. The largest absolute Gasteiger partial charge is 0.513 e. The standard InChI is InChI=1S/2C18H21BrFN5O3.C16H19BN2O3.C14H12BrFN4S.C4H11NO3.2C2H4O2.Hg.H3N.2H2O/c2*1-9-16-15(24-18(21)22-9)6-14(12-4-3-10(20)5-13(12)19)23-17(16)25-28-8-11(7-26)27-2;1-20-16-9-5-8-15(18-16)17-21-12-10-19(11-13-22-17)14-6-3-2-4-7-14;1-6-12-11(20-14(17)18-6)5-10(19-13(12)21)8-3-2-7(16)4-9(8)15;1-7-4(2-6)3-8-5;2*1-2(3)4;;;;/h2*3-5,11,14,26H,6-8H2,1-2H3,(H,23,25)(H2,21,22,24);2-9H,10-13H2,1H3;2-4,10H,5H2,1H3,(H,19,21)(H2,17,18,20);4,6H,2-3,5H2,1H3;2*1H3,(H,3,4);;1H3;2*1H2/q;;;;;;;+2;;;/p-2/t2*11?,14-;;10-;;;;;;;/m11.1......./s1. The second-order valence-corrected chi connectivity index (χ2v) is 31.4. The summed E-state index contributed by atoms with van der Waals surface area (Å²) in [6.45, 7) is 10.9. The Hall–Kier alpha value is -8.33. The first kappa shape index (κ1) is 103. The van der Waals surface area contributed by atoms with Crippen molar-refractivity contribution < 1.29 is 123 Å². The number of nitrogens with zero attached hydrogens (tertiary/aromatic N) is 10. The number of nitrogens with two attached hydrogens (primary N) is 4. The summed E-state index contributed by atoms with van der Waals surface area (Å²) in [6.07, 6.45) is 0.349. The number of halogens is 6. The molecule has 0 amide bonds. The smallest absolute Gasteiger partial charge is 0.481 e. The Balaban J connectivity index is 0.000000312. The van der Waals surface area contributed by atoms with Gasteiger partial charge >= 0.3 is 73.3 Å². The second kappa shape index (κ2) is 52.8. The summed E-state index contributed by atoms with van der Waals surface area (Å²) in [6, 6.07) is 28.7. The van der Waals surface area contributed by atoms with Crippen LogP contribution >= 0.6 is 60.0 Å². The number of amidine groups is 2. The predicted octanol–water partition coefficient (Wildman–Crippen LogP) is 5.27. The minimum atomic E-state index is -2.04. The SMILES string of the molecule is CC(=O)[O][Hg][O]C(C)=O.COC(CO)CON.COC(CO)CONC1=N[C@@H](c2ccc(F)cc2Br)Cc2nc(N)nc(C)c21.COC(CO)CONC1=N[C@@H](c2ccc(F)cc2Br)Cc2nc(N)nc(C)c21.COc1cccc(B2OCCN(c3ccccc3)CCO2)n1.Cc1nc(N)nc2c1C(=S)N[C@@H](c1ccc(F)cc1Br)C2.N.O.O. The van der Waals surface area contributed by atoms with Crippen LogP contribution in [0.1, 0.15) is 99.5 Å². The summed E-state index contributed by atoms with van der Waals surface area (Å²) in [5, 5.41) is 30.1. The fourth-order valence-corrected chi connectivity index (χ4v) is 15.2. The number of ether oxygens (including phenoxy) is 4. The van der Waals surface area contributed by atoms with E-state index in [9.17, 15) is 33.0 Å². The average Bonchev–Trinajstić information content (AvgIpc) is 0.752. The second-order valence-electron chi connectivity index (χ2n) is 25.3. The fourth-order valence-electron chi connectivity index (χ4n) is 11.5. The molecule has 4 aliphatic heterocycles. The summed E-state index contributed by atoms with van der Waals surface area (Å²) < 4.78 is 82.8. The first-order valence-corrected chi connectivity index (χ1v) is 42.9. The molecule has 4 aliphatic rings. The minimum absolute atomic E-state index is 0. The van der Waals surface area contributed by atoms with Gasteiger partial charge in [0.1, 0.15) is 54.0 Å². The monoisotopic (exact) mass is 2060 g/mol. The van der Waals surface area contributed by atoms with E-state index in [1.807, 2.05) is 57.2 Å². The van der Waals surface area contributed by atoms with Crippen LogP contribution in [0, 0.1) is 38.2 Å². The van der Waals surface area contributed by atoms with Gasteiger partial charge in [-0.3, -0.25) is 19.7 Å². The van der Waals surface area contributed by atoms with Gasteiger partial charge in [0.05, 0.1) is 108 Å². The Morgan fingerprint density at radius 3 is 1.39 bits per heavy atom. The number of aryl methyl sites for hydroxylation is 3. The number of pyridine rings is 1. The van der Waals surface area contributed by atoms with E-state index in [0.29, 0.717) is 90.9 Å². The number of hydrogen-bond donors (Lipinski definition) is 11. The molecule has 0 bridgehead atoms. The molecule has 0 saturated carbocycles. The third kappa shape index (κ3) is 31.9. The molecular formula is C74H97BBr3F3HgN18O18S. The molecule has 8 aromatic rings. The number of carbonyl (C=O) groups excluding carboxylic acids is 2. The van der Waals surface area contributed by atoms with Crippen molar-refractivity contribution in [2.75, 3.05) is 116 Å². The van der Waals surface area contributed by atoms with Crippen molar-refractivity contribution in [2.24, 2.45) is 15.9 Å². The Kier molecular flexibility index (Phi) is 45.7. The molecule has 644 valence electrons. The molecule has 1 saturated heterocycles. The number of thiocarbonyl (C=S) groups is 1. The van der Waals surface area contributed by atoms with E-state index in [1.54, 1.807) is 25.3 Å². The van der Waals surface area contributed by atoms with E-state index in [1.165, 1.54) is 77.3 Å². The zero-order valence-corrected chi connectivity index (χ0v) is 77.6. The number of fused-ring (bicyclic) bond motifs is 3. The number of hydroxylamine groups is 2. The quantitative estimate of drug-likeness (QED) is 0.0234. The van der Waals surface area contributed by atoms with Crippen LogP contribution in [0.15, 0.2) is 127 Å². The number of benzene rings is 4. The molecule has 21 N–H and O–H groups in total. The van der Waals surface area contributed by atoms with Crippen LogP contribution in [0.4, 0.5) is 36.7 Å². The molecule has 36 nitrogen and oxygen atoms in total. The van der Waals surface area contributed by atoms with Crippen molar-refractivity contribution in [1.82, 2.24) is 57.3 Å². The number of rotatable bonds is 22. The van der Waals surface area contributed by atoms with E-state index in [2.05, 4.69) is 137 Å². The van der Waals surface area contributed by atoms with Gasteiger partial charge in [-0.1, -0.05) is 102 Å². The zero-order chi connectivity index (χ0) is 84.5. The summed E-state index contributed by atoms with van der Waals surface area (Å²) in [5.41, 5.74) is 34.1. The van der Waals surface area contributed by atoms with Crippen molar-refractivity contribution in [2.45, 2.75) is 90.3 Å². The number of methoxy groups -OCH3 is 4. The molecule has 0 aliphatic carbocycles. The van der Waals surface area contributed by atoms with E-state index >= 15 is 0 Å². The molecule has 1 fully saturated rings. The van der Waals surface area contributed by atoms with Gasteiger partial charge in [0.2, 0.25) is 23.7 Å². The number of nitrogens with one attached hydrogen (secondary N) is 3. The fraction of sp³-hybridized carbons (Fsp3) is 0.378. The van der Waals surface area contributed by atoms with Gasteiger partial charge < -0.3 is 92.9 Å². The molecule has 45 heteroatoms. The van der Waals surface area contributed by atoms with Crippen LogP contribution in [0.5, 0.6) is 5.88 Å². The number of nitrogen functional groups attached to an aromatic ring is 3. The van der Waals surface area contributed by atoms with Crippen molar-refractivity contribution in [1.29, 1.82) is 0 Å². The minimum Gasteiger partial charge on any atom is -0.481 e. The topological polar surface area (TPSA) is 553 Å². The Bertz CT molecular complexity index is 4470. The molecule has 0 spiro atoms. The zero-order valence-electron chi connectivity index (χ0n) is 66.6. The maximum atomic E-state index is 13.5. The van der Waals surface area contributed by atoms with Gasteiger partial charge in [-0.15, -0.1) is 0 Å². The van der Waals surface area contributed by atoms with Gasteiger partial charge in [0, 0.05) is 92.1 Å². The van der Waals surface area contributed by atoms with Crippen molar-refractivity contribution in [3.63, 3.8) is 0 Å². The van der Waals surface area contributed by atoms with Crippen LogP contribution in [-0.4, -0.2) is 210 Å². The maximum Gasteiger partial charge on any atom is 0.513 e. The molecule has 4 aromatic carbocycles. The van der Waals surface area contributed by atoms with E-state index in [-0.39, 0.29) is 128 Å². The predicted molar refractivity (Wildman–Crippen MR) is 448 cm³/mol. The normalized spacial score (nSPS) is 15.5. The number of aliphatic hydroxyl groups excluding tert-OH is 3. The molecule has 6 atom stereocenters. The summed E-state index contributed by atoms with van der Waals surface area (Å²) >= 11 is 13.6. The molecule has 12 rings (SSSR count). The average molecular weight is 2070 g/mol. The van der Waals surface area contributed by atoms with Gasteiger partial charge in [-0.25, -0.2) is 64.9 Å². The number of aromatic nitrogens is 7. The van der Waals surface area contributed by atoms with Crippen LogP contribution in [0.3, 0.4) is 0 Å². The van der Waals surface area contributed by atoms with Crippen LogP contribution in [-0.2, 0) is 97.7 Å². The third-order valence-electron chi connectivity index (χ3n) is 17.1. The van der Waals surface area contributed by atoms with Gasteiger partial charge in [0.25, 0.3) is 0 Å². The molecule has 0 radical (unpaired) electrons. The number of anilines is 4. The first-order valence-electron chi connectivity index (χ1n) is 35.6. The number of para-hydroxylation sites is 1. The van der Waals surface area contributed by atoms with Crippen molar-refractivity contribution >= 4 is 125 Å². The summed E-state index contributed by atoms with van der Waals surface area (Å²) in [5.74, 6) is 5.04. The number of carbonyl (C=O) groups is 2. The van der Waals surface area contributed by atoms with Gasteiger partial charge in [-0.05, 0) is 92.1 Å². The van der Waals surface area contributed by atoms with Crippen LogP contribution < -0.4 is 60.8 Å². The number of hydrogen-bond acceptors (Lipinski definition) is 34. The number of aliphatic hydroxyl groups is 3. The third-order valence-corrected chi connectivity index (χ3v) is 23.6. The van der Waals surface area contributed by atoms with E-state index < -0.39 is 44.8 Å². The van der Waals surface area contributed by atoms with Gasteiger partial charge in [-0.2, -0.15) is 0 Å². The van der Waals surface area contributed by atoms with Crippen LogP contribution in [0.2, 0.25) is 0 Å². The van der Waals surface area contributed by atoms with Crippen LogP contribution in [0.25, 0.3) is 0 Å². The summed E-state index contributed by atoms with van der Waals surface area (Å²) in [4.78, 5) is 77.5. The molecule has 3 unspecified atom stereocenters. The molecule has 8 heterocycles. The maximum absolute atomic E-state index is 13.5. The molecular weight excluding hydrogens is 1970 g/mol. The molecule has 119 heavy (non-hydrogen) atoms. The van der Waals surface area contributed by atoms with Gasteiger partial charge in [0.15, 0.2) is 11.7 Å². The van der Waals surface area contributed by atoms with E-state index in [4.69, 9.17) is 77.7 Å². The number of aliphatic imine (C=N–C) groups is 2. The van der Waals surface area contributed by atoms with Crippen molar-refractivity contribution in [3.8, 4) is 5.88 Å². The van der Waals surface area contributed by atoms with Crippen molar-refractivity contribution in [3.05, 3.63) is 202 Å². The Morgan fingerprint density at radius 2 is 1.01 bits per heavy atom. The Morgan fingerprint density at radius 1 is 0.597 bits per heavy atom. The molecule has 4 aromatic heterocycles. The Labute approximate surface area is 729 Å². The summed E-state index contributed by atoms with van der Waals surface area (Å²) in [7, 11) is 5.62.